The molecule has 1 saturated heterocycles. The van der Waals surface area contributed by atoms with E-state index in [9.17, 15) is 9.59 Å². The molecule has 0 spiro atoms. The Morgan fingerprint density at radius 2 is 1.59 bits per heavy atom. The second-order valence-electron chi connectivity index (χ2n) is 7.32. The van der Waals surface area contributed by atoms with Crippen molar-refractivity contribution in [2.24, 2.45) is 7.05 Å². The second kappa shape index (κ2) is 8.13. The lowest BCUT2D eigenvalue weighted by molar-refractivity contribution is 0.245. The number of methoxy groups -OCH3 is 1. The van der Waals surface area contributed by atoms with Gasteiger partial charge in [0.25, 0.3) is 5.56 Å². The summed E-state index contributed by atoms with van der Waals surface area (Å²) in [6, 6.07) is 15.3. The molecule has 7 nitrogen and oxygen atoms in total. The number of hydrogen-bond acceptors (Lipinski definition) is 5. The molecular weight excluding hydrogens is 368 g/mol. The van der Waals surface area contributed by atoms with Crippen molar-refractivity contribution in [2.45, 2.75) is 6.54 Å². The van der Waals surface area contributed by atoms with Gasteiger partial charge in [0.05, 0.1) is 23.7 Å². The third-order valence-corrected chi connectivity index (χ3v) is 5.70. The maximum atomic E-state index is 12.8. The van der Waals surface area contributed by atoms with Gasteiger partial charge >= 0.3 is 5.69 Å². The zero-order chi connectivity index (χ0) is 20.4. The molecule has 1 fully saturated rings. The first-order valence-corrected chi connectivity index (χ1v) is 9.89. The molecule has 2 heterocycles. The number of rotatable bonds is 5. The molecule has 3 aromatic rings. The molecule has 1 aliphatic heterocycles. The van der Waals surface area contributed by atoms with Crippen LogP contribution in [-0.4, -0.2) is 53.9 Å². The molecule has 0 bridgehead atoms. The molecular formula is C22H26N4O3. The van der Waals surface area contributed by atoms with Gasteiger partial charge in [-0.15, -0.1) is 0 Å². The predicted molar refractivity (Wildman–Crippen MR) is 115 cm³/mol. The Morgan fingerprint density at radius 3 is 2.34 bits per heavy atom. The SMILES string of the molecule is COc1ccccc1N1CCN(CCn2c(=O)c3ccccc3n(C)c2=O)CC1. The van der Waals surface area contributed by atoms with Crippen LogP contribution in [0.5, 0.6) is 5.75 Å². The van der Waals surface area contributed by atoms with Gasteiger partial charge in [0.1, 0.15) is 5.75 Å². The van der Waals surface area contributed by atoms with Crippen molar-refractivity contribution in [3.8, 4) is 5.75 Å². The van der Waals surface area contributed by atoms with Crippen molar-refractivity contribution in [1.82, 2.24) is 14.0 Å². The molecule has 4 rings (SSSR count). The smallest absolute Gasteiger partial charge is 0.331 e. The van der Waals surface area contributed by atoms with Crippen LogP contribution in [0.1, 0.15) is 0 Å². The van der Waals surface area contributed by atoms with Gasteiger partial charge in [0, 0.05) is 46.3 Å². The summed E-state index contributed by atoms with van der Waals surface area (Å²) in [5.41, 5.74) is 1.30. The Balaban J connectivity index is 1.45. The van der Waals surface area contributed by atoms with Gasteiger partial charge < -0.3 is 9.64 Å². The summed E-state index contributed by atoms with van der Waals surface area (Å²) in [5.74, 6) is 0.882. The maximum absolute atomic E-state index is 12.8. The summed E-state index contributed by atoms with van der Waals surface area (Å²) in [6.07, 6.45) is 0. The molecule has 0 N–H and O–H groups in total. The van der Waals surface area contributed by atoms with Crippen molar-refractivity contribution in [3.63, 3.8) is 0 Å². The van der Waals surface area contributed by atoms with Crippen LogP contribution in [0.4, 0.5) is 5.69 Å². The largest absolute Gasteiger partial charge is 0.495 e. The van der Waals surface area contributed by atoms with Crippen molar-refractivity contribution in [1.29, 1.82) is 0 Å². The Kier molecular flexibility index (Phi) is 5.40. The molecule has 1 aliphatic rings. The average molecular weight is 394 g/mol. The molecule has 0 amide bonds. The number of aryl methyl sites for hydroxylation is 1. The summed E-state index contributed by atoms with van der Waals surface area (Å²) >= 11 is 0. The van der Waals surface area contributed by atoms with Crippen LogP contribution in [0.2, 0.25) is 0 Å². The molecule has 1 aromatic heterocycles. The minimum Gasteiger partial charge on any atom is -0.495 e. The predicted octanol–water partition coefficient (Wildman–Crippen LogP) is 1.53. The minimum atomic E-state index is -0.263. The van der Waals surface area contributed by atoms with Crippen LogP contribution < -0.4 is 20.9 Å². The molecule has 0 radical (unpaired) electrons. The fourth-order valence-corrected chi connectivity index (χ4v) is 4.01. The fraction of sp³-hybridized carbons (Fsp3) is 0.364. The highest BCUT2D eigenvalue weighted by atomic mass is 16.5. The van der Waals surface area contributed by atoms with E-state index in [2.05, 4.69) is 15.9 Å². The molecule has 7 heteroatoms. The summed E-state index contributed by atoms with van der Waals surface area (Å²) < 4.78 is 8.38. The lowest BCUT2D eigenvalue weighted by atomic mass is 10.2. The molecule has 2 aromatic carbocycles. The van der Waals surface area contributed by atoms with Crippen molar-refractivity contribution in [3.05, 3.63) is 69.4 Å². The van der Waals surface area contributed by atoms with Crippen LogP contribution >= 0.6 is 0 Å². The van der Waals surface area contributed by atoms with E-state index in [1.54, 1.807) is 30.9 Å². The maximum Gasteiger partial charge on any atom is 0.331 e. The molecule has 0 aliphatic carbocycles. The van der Waals surface area contributed by atoms with Gasteiger partial charge in [-0.1, -0.05) is 24.3 Å². The topological polar surface area (TPSA) is 59.7 Å². The van der Waals surface area contributed by atoms with E-state index in [1.165, 1.54) is 4.57 Å². The Labute approximate surface area is 169 Å². The standard InChI is InChI=1S/C22H26N4O3/c1-23-18-8-4-3-7-17(18)21(27)26(22(23)28)16-13-24-11-14-25(15-12-24)19-9-5-6-10-20(19)29-2/h3-10H,11-16H2,1-2H3. The highest BCUT2D eigenvalue weighted by Gasteiger charge is 2.20. The van der Waals surface area contributed by atoms with E-state index in [-0.39, 0.29) is 11.2 Å². The second-order valence-corrected chi connectivity index (χ2v) is 7.32. The molecule has 0 unspecified atom stereocenters. The van der Waals surface area contributed by atoms with Gasteiger partial charge in [-0.05, 0) is 24.3 Å². The van der Waals surface area contributed by atoms with Gasteiger partial charge in [-0.3, -0.25) is 18.8 Å². The highest BCUT2D eigenvalue weighted by Crippen LogP contribution is 2.28. The zero-order valence-electron chi connectivity index (χ0n) is 16.9. The molecule has 0 atom stereocenters. The lowest BCUT2D eigenvalue weighted by Crippen LogP contribution is -2.49. The number of ether oxygens (including phenoxy) is 1. The van der Waals surface area contributed by atoms with Gasteiger partial charge in [0.15, 0.2) is 0 Å². The quantitative estimate of drug-likeness (QED) is 0.657. The molecule has 29 heavy (non-hydrogen) atoms. The number of fused-ring (bicyclic) bond motifs is 1. The number of aromatic nitrogens is 2. The first kappa shape index (κ1) is 19.3. The van der Waals surface area contributed by atoms with Crippen LogP contribution in [0, 0.1) is 0 Å². The average Bonchev–Trinajstić information content (AvgIpc) is 2.78. The van der Waals surface area contributed by atoms with Crippen LogP contribution in [-0.2, 0) is 13.6 Å². The number of para-hydroxylation sites is 3. The zero-order valence-corrected chi connectivity index (χ0v) is 16.9. The number of piperazine rings is 1. The summed E-state index contributed by atoms with van der Waals surface area (Å²) in [7, 11) is 3.41. The third kappa shape index (κ3) is 3.65. The van der Waals surface area contributed by atoms with Crippen molar-refractivity contribution >= 4 is 16.6 Å². The third-order valence-electron chi connectivity index (χ3n) is 5.70. The van der Waals surface area contributed by atoms with Crippen molar-refractivity contribution < 1.29 is 4.74 Å². The first-order valence-electron chi connectivity index (χ1n) is 9.89. The monoisotopic (exact) mass is 394 g/mol. The normalized spacial score (nSPS) is 15.0. The number of anilines is 1. The number of benzene rings is 2. The van der Waals surface area contributed by atoms with Gasteiger partial charge in [-0.2, -0.15) is 0 Å². The minimum absolute atomic E-state index is 0.212. The number of hydrogen-bond donors (Lipinski definition) is 0. The van der Waals surface area contributed by atoms with Gasteiger partial charge in [0.2, 0.25) is 0 Å². The Hall–Kier alpha value is -3.06. The van der Waals surface area contributed by atoms with E-state index < -0.39 is 0 Å². The van der Waals surface area contributed by atoms with E-state index in [4.69, 9.17) is 4.74 Å². The van der Waals surface area contributed by atoms with Gasteiger partial charge in [-0.25, -0.2) is 4.79 Å². The summed E-state index contributed by atoms with van der Waals surface area (Å²) in [5, 5.41) is 0.579. The molecule has 0 saturated carbocycles. The number of nitrogens with zero attached hydrogens (tertiary/aromatic N) is 4. The first-order chi connectivity index (χ1) is 14.1. The van der Waals surface area contributed by atoms with Crippen LogP contribution in [0.15, 0.2) is 58.1 Å². The van der Waals surface area contributed by atoms with Crippen LogP contribution in [0.3, 0.4) is 0 Å². The summed E-state index contributed by atoms with van der Waals surface area (Å²) in [6.45, 7) is 4.58. The van der Waals surface area contributed by atoms with Crippen molar-refractivity contribution in [2.75, 3.05) is 44.7 Å². The molecule has 152 valence electrons. The summed E-state index contributed by atoms with van der Waals surface area (Å²) in [4.78, 5) is 30.1. The van der Waals surface area contributed by atoms with E-state index >= 15 is 0 Å². The fourth-order valence-electron chi connectivity index (χ4n) is 4.01. The lowest BCUT2D eigenvalue weighted by Gasteiger charge is -2.36. The Morgan fingerprint density at radius 1 is 0.897 bits per heavy atom. The van der Waals surface area contributed by atoms with Crippen LogP contribution in [0.25, 0.3) is 10.9 Å². The van der Waals surface area contributed by atoms with E-state index in [1.807, 2.05) is 30.3 Å². The van der Waals surface area contributed by atoms with E-state index in [0.29, 0.717) is 24.0 Å². The Bertz CT molecular complexity index is 1130. The highest BCUT2D eigenvalue weighted by molar-refractivity contribution is 5.77. The van der Waals surface area contributed by atoms with E-state index in [0.717, 1.165) is 37.6 Å².